The third-order valence-corrected chi connectivity index (χ3v) is 2.53. The zero-order chi connectivity index (χ0) is 9.64. The summed E-state index contributed by atoms with van der Waals surface area (Å²) < 4.78 is 0. The summed E-state index contributed by atoms with van der Waals surface area (Å²) >= 11 is 0. The Morgan fingerprint density at radius 3 is 2.93 bits per heavy atom. The Hall–Kier alpha value is -1.00. The Morgan fingerprint density at radius 1 is 1.36 bits per heavy atom. The molecule has 4 heteroatoms. The van der Waals surface area contributed by atoms with Crippen LogP contribution in [0.1, 0.15) is 18.5 Å². The van der Waals surface area contributed by atoms with E-state index in [2.05, 4.69) is 20.6 Å². The molecule has 0 spiro atoms. The van der Waals surface area contributed by atoms with E-state index in [1.807, 2.05) is 6.20 Å². The van der Waals surface area contributed by atoms with Gasteiger partial charge in [-0.05, 0) is 25.9 Å². The van der Waals surface area contributed by atoms with Crippen molar-refractivity contribution < 1.29 is 0 Å². The SMILES string of the molecule is c1cnc(CNC2CCNCC2)cn1. The number of piperidine rings is 1. The Kier molecular flexibility index (Phi) is 3.43. The fourth-order valence-electron chi connectivity index (χ4n) is 1.70. The molecule has 1 aromatic heterocycles. The highest BCUT2D eigenvalue weighted by Crippen LogP contribution is 2.02. The lowest BCUT2D eigenvalue weighted by molar-refractivity contribution is 0.384. The van der Waals surface area contributed by atoms with E-state index in [-0.39, 0.29) is 0 Å². The molecule has 1 aliphatic rings. The lowest BCUT2D eigenvalue weighted by atomic mass is 10.1. The van der Waals surface area contributed by atoms with E-state index in [0.29, 0.717) is 6.04 Å². The summed E-state index contributed by atoms with van der Waals surface area (Å²) in [5.41, 5.74) is 1.02. The van der Waals surface area contributed by atoms with Crippen LogP contribution >= 0.6 is 0 Å². The van der Waals surface area contributed by atoms with Crippen LogP contribution in [0.25, 0.3) is 0 Å². The van der Waals surface area contributed by atoms with Crippen LogP contribution in [0.2, 0.25) is 0 Å². The van der Waals surface area contributed by atoms with Crippen molar-refractivity contribution in [3.63, 3.8) is 0 Å². The highest BCUT2D eigenvalue weighted by molar-refractivity contribution is 4.94. The Bertz CT molecular complexity index is 256. The number of rotatable bonds is 3. The molecule has 0 bridgehead atoms. The maximum atomic E-state index is 4.22. The first kappa shape index (κ1) is 9.55. The van der Waals surface area contributed by atoms with Gasteiger partial charge in [-0.2, -0.15) is 0 Å². The fraction of sp³-hybridized carbons (Fsp3) is 0.600. The van der Waals surface area contributed by atoms with Gasteiger partial charge in [-0.25, -0.2) is 0 Å². The summed E-state index contributed by atoms with van der Waals surface area (Å²) in [4.78, 5) is 8.26. The van der Waals surface area contributed by atoms with E-state index in [0.717, 1.165) is 25.3 Å². The van der Waals surface area contributed by atoms with Crippen molar-refractivity contribution >= 4 is 0 Å². The van der Waals surface area contributed by atoms with Gasteiger partial charge >= 0.3 is 0 Å². The molecule has 76 valence electrons. The Balaban J connectivity index is 1.76. The van der Waals surface area contributed by atoms with Crippen molar-refractivity contribution in [2.75, 3.05) is 13.1 Å². The van der Waals surface area contributed by atoms with Crippen LogP contribution in [0.5, 0.6) is 0 Å². The summed E-state index contributed by atoms with van der Waals surface area (Å²) in [7, 11) is 0. The average molecular weight is 192 g/mol. The molecule has 14 heavy (non-hydrogen) atoms. The van der Waals surface area contributed by atoms with E-state index in [4.69, 9.17) is 0 Å². The van der Waals surface area contributed by atoms with E-state index in [9.17, 15) is 0 Å². The van der Waals surface area contributed by atoms with Gasteiger partial charge in [-0.1, -0.05) is 0 Å². The predicted octanol–water partition coefficient (Wildman–Crippen LogP) is 0.318. The molecule has 2 N–H and O–H groups in total. The minimum Gasteiger partial charge on any atom is -0.317 e. The molecule has 0 atom stereocenters. The topological polar surface area (TPSA) is 49.8 Å². The second kappa shape index (κ2) is 5.02. The highest BCUT2D eigenvalue weighted by Gasteiger charge is 2.11. The molecule has 0 aliphatic carbocycles. The maximum Gasteiger partial charge on any atom is 0.0724 e. The van der Waals surface area contributed by atoms with Gasteiger partial charge in [0, 0.05) is 31.2 Å². The number of nitrogens with one attached hydrogen (secondary N) is 2. The molecule has 1 aliphatic heterocycles. The lowest BCUT2D eigenvalue weighted by Crippen LogP contribution is -2.39. The molecule has 4 nitrogen and oxygen atoms in total. The van der Waals surface area contributed by atoms with Crippen LogP contribution < -0.4 is 10.6 Å². The second-order valence-corrected chi connectivity index (χ2v) is 3.60. The van der Waals surface area contributed by atoms with Gasteiger partial charge in [-0.3, -0.25) is 9.97 Å². The Labute approximate surface area is 84.2 Å². The van der Waals surface area contributed by atoms with Gasteiger partial charge in [0.2, 0.25) is 0 Å². The van der Waals surface area contributed by atoms with E-state index >= 15 is 0 Å². The quantitative estimate of drug-likeness (QED) is 0.724. The number of hydrogen-bond donors (Lipinski definition) is 2. The molecule has 0 aromatic carbocycles. The smallest absolute Gasteiger partial charge is 0.0724 e. The molecule has 2 heterocycles. The zero-order valence-corrected chi connectivity index (χ0v) is 8.24. The molecular formula is C10H16N4. The van der Waals surface area contributed by atoms with E-state index < -0.39 is 0 Å². The second-order valence-electron chi connectivity index (χ2n) is 3.60. The van der Waals surface area contributed by atoms with Crippen LogP contribution in [0.3, 0.4) is 0 Å². The summed E-state index contributed by atoms with van der Waals surface area (Å²) in [6, 6.07) is 0.637. The van der Waals surface area contributed by atoms with Crippen LogP contribution in [0, 0.1) is 0 Å². The van der Waals surface area contributed by atoms with Crippen LogP contribution in [-0.4, -0.2) is 29.1 Å². The number of hydrogen-bond acceptors (Lipinski definition) is 4. The van der Waals surface area contributed by atoms with Gasteiger partial charge in [0.1, 0.15) is 0 Å². The van der Waals surface area contributed by atoms with Crippen molar-refractivity contribution in [1.82, 2.24) is 20.6 Å². The molecule has 0 saturated carbocycles. The first-order valence-corrected chi connectivity index (χ1v) is 5.14. The van der Waals surface area contributed by atoms with Crippen molar-refractivity contribution in [3.8, 4) is 0 Å². The number of nitrogens with zero attached hydrogens (tertiary/aromatic N) is 2. The van der Waals surface area contributed by atoms with Gasteiger partial charge in [0.05, 0.1) is 5.69 Å². The van der Waals surface area contributed by atoms with E-state index in [1.165, 1.54) is 12.8 Å². The molecule has 1 fully saturated rings. The fourth-order valence-corrected chi connectivity index (χ4v) is 1.70. The normalized spacial score (nSPS) is 18.3. The third kappa shape index (κ3) is 2.75. The summed E-state index contributed by atoms with van der Waals surface area (Å²) in [5.74, 6) is 0. The first-order valence-electron chi connectivity index (χ1n) is 5.14. The lowest BCUT2D eigenvalue weighted by Gasteiger charge is -2.23. The molecule has 1 saturated heterocycles. The van der Waals surface area contributed by atoms with Crippen LogP contribution in [0.15, 0.2) is 18.6 Å². The summed E-state index contributed by atoms with van der Waals surface area (Å²) in [5, 5.41) is 6.84. The number of aromatic nitrogens is 2. The molecule has 0 radical (unpaired) electrons. The Morgan fingerprint density at radius 2 is 2.21 bits per heavy atom. The highest BCUT2D eigenvalue weighted by atomic mass is 15.0. The van der Waals surface area contributed by atoms with Crippen molar-refractivity contribution in [1.29, 1.82) is 0 Å². The largest absolute Gasteiger partial charge is 0.317 e. The molecule has 0 amide bonds. The molecule has 0 unspecified atom stereocenters. The van der Waals surface area contributed by atoms with Gasteiger partial charge in [-0.15, -0.1) is 0 Å². The summed E-state index contributed by atoms with van der Waals surface area (Å²) in [6.45, 7) is 3.08. The third-order valence-electron chi connectivity index (χ3n) is 2.53. The van der Waals surface area contributed by atoms with Gasteiger partial charge < -0.3 is 10.6 Å². The van der Waals surface area contributed by atoms with Crippen molar-refractivity contribution in [2.45, 2.75) is 25.4 Å². The van der Waals surface area contributed by atoms with Crippen LogP contribution in [-0.2, 0) is 6.54 Å². The van der Waals surface area contributed by atoms with Crippen molar-refractivity contribution in [3.05, 3.63) is 24.3 Å². The summed E-state index contributed by atoms with van der Waals surface area (Å²) in [6.07, 6.45) is 7.67. The van der Waals surface area contributed by atoms with Crippen LogP contribution in [0.4, 0.5) is 0 Å². The minimum atomic E-state index is 0.637. The maximum absolute atomic E-state index is 4.22. The molecular weight excluding hydrogens is 176 g/mol. The van der Waals surface area contributed by atoms with Crippen molar-refractivity contribution in [2.24, 2.45) is 0 Å². The predicted molar refractivity (Wildman–Crippen MR) is 54.8 cm³/mol. The standard InChI is InChI=1S/C10H16N4/c1-3-11-4-2-9(1)14-8-10-7-12-5-6-13-10/h5-7,9,11,14H,1-4,8H2. The monoisotopic (exact) mass is 192 g/mol. The molecule has 2 rings (SSSR count). The minimum absolute atomic E-state index is 0.637. The molecule has 1 aromatic rings. The average Bonchev–Trinajstić information content (AvgIpc) is 2.29. The van der Waals surface area contributed by atoms with Gasteiger partial charge in [0.15, 0.2) is 0 Å². The first-order chi connectivity index (χ1) is 6.95. The van der Waals surface area contributed by atoms with Gasteiger partial charge in [0.25, 0.3) is 0 Å². The van der Waals surface area contributed by atoms with E-state index in [1.54, 1.807) is 12.4 Å². The zero-order valence-electron chi connectivity index (χ0n) is 8.24.